The van der Waals surface area contributed by atoms with Crippen LogP contribution in [0, 0.1) is 5.92 Å². The molecule has 0 aliphatic carbocycles. The molecule has 0 aromatic heterocycles. The van der Waals surface area contributed by atoms with Crippen molar-refractivity contribution in [1.29, 1.82) is 0 Å². The summed E-state index contributed by atoms with van der Waals surface area (Å²) in [5.74, 6) is -3.61. The standard InChI is InChI=1S/C20H30N4O7/c1-3-11(2)17(24-18(29)14(21)10-25)20(31)23-15(19(30)22-9-16(27)28)8-12-4-6-13(26)7-5-12/h4-7,11,14-15,17,25-26H,3,8-10,21H2,1-2H3,(H,22,30)(H,23,31)(H,24,29)(H,27,28). The molecule has 8 N–H and O–H groups in total. The molecule has 0 saturated heterocycles. The second kappa shape index (κ2) is 12.5. The number of phenols is 1. The van der Waals surface area contributed by atoms with Crippen LogP contribution in [0.2, 0.25) is 0 Å². The number of aliphatic hydroxyl groups excluding tert-OH is 1. The zero-order valence-electron chi connectivity index (χ0n) is 17.5. The maximum atomic E-state index is 12.9. The molecule has 3 amide bonds. The number of hydrogen-bond acceptors (Lipinski definition) is 7. The molecule has 0 radical (unpaired) electrons. The first-order valence-electron chi connectivity index (χ1n) is 9.83. The van der Waals surface area contributed by atoms with Gasteiger partial charge in [0.15, 0.2) is 0 Å². The SMILES string of the molecule is CCC(C)C(NC(=O)C(N)CO)C(=O)NC(Cc1ccc(O)cc1)C(=O)NCC(=O)O. The van der Waals surface area contributed by atoms with Crippen LogP contribution < -0.4 is 21.7 Å². The van der Waals surface area contributed by atoms with Gasteiger partial charge in [0.1, 0.15) is 30.4 Å². The van der Waals surface area contributed by atoms with Crippen molar-refractivity contribution < 1.29 is 34.5 Å². The number of aliphatic carboxylic acids is 1. The minimum atomic E-state index is -1.24. The van der Waals surface area contributed by atoms with Crippen LogP contribution in [0.4, 0.5) is 0 Å². The highest BCUT2D eigenvalue weighted by atomic mass is 16.4. The smallest absolute Gasteiger partial charge is 0.322 e. The fourth-order valence-corrected chi connectivity index (χ4v) is 2.67. The van der Waals surface area contributed by atoms with Crippen LogP contribution in [-0.4, -0.2) is 70.3 Å². The number of nitrogens with two attached hydrogens (primary N) is 1. The highest BCUT2D eigenvalue weighted by Crippen LogP contribution is 2.13. The number of rotatable bonds is 12. The number of hydrogen-bond donors (Lipinski definition) is 7. The third-order valence-corrected chi connectivity index (χ3v) is 4.75. The molecule has 4 unspecified atom stereocenters. The Balaban J connectivity index is 3.04. The first-order chi connectivity index (χ1) is 14.6. The van der Waals surface area contributed by atoms with Gasteiger partial charge in [-0.1, -0.05) is 32.4 Å². The van der Waals surface area contributed by atoms with E-state index in [2.05, 4.69) is 16.0 Å². The summed E-state index contributed by atoms with van der Waals surface area (Å²) in [6.45, 7) is 2.32. The summed E-state index contributed by atoms with van der Waals surface area (Å²) in [6, 6.07) is 2.60. The maximum absolute atomic E-state index is 12.9. The van der Waals surface area contributed by atoms with Gasteiger partial charge < -0.3 is 37.0 Å². The summed E-state index contributed by atoms with van der Waals surface area (Å²) >= 11 is 0. The predicted octanol–water partition coefficient (Wildman–Crippen LogP) is -1.53. The Labute approximate surface area is 180 Å². The lowest BCUT2D eigenvalue weighted by Gasteiger charge is -2.27. The van der Waals surface area contributed by atoms with Crippen molar-refractivity contribution in [2.45, 2.75) is 44.8 Å². The second-order valence-corrected chi connectivity index (χ2v) is 7.20. The number of carboxylic acid groups (broad SMARTS) is 1. The van der Waals surface area contributed by atoms with E-state index in [4.69, 9.17) is 15.9 Å². The topological polar surface area (TPSA) is 191 Å². The van der Waals surface area contributed by atoms with E-state index in [-0.39, 0.29) is 18.1 Å². The zero-order valence-corrected chi connectivity index (χ0v) is 17.5. The molecule has 1 aromatic rings. The molecule has 1 aromatic carbocycles. The van der Waals surface area contributed by atoms with Crippen molar-refractivity contribution in [3.8, 4) is 5.75 Å². The Hall–Kier alpha value is -3.18. The summed E-state index contributed by atoms with van der Waals surface area (Å²) < 4.78 is 0. The first-order valence-corrected chi connectivity index (χ1v) is 9.83. The average Bonchev–Trinajstić information content (AvgIpc) is 2.75. The Morgan fingerprint density at radius 1 is 1.03 bits per heavy atom. The largest absolute Gasteiger partial charge is 0.508 e. The van der Waals surface area contributed by atoms with Gasteiger partial charge >= 0.3 is 5.97 Å². The van der Waals surface area contributed by atoms with Crippen molar-refractivity contribution in [1.82, 2.24) is 16.0 Å². The molecule has 11 nitrogen and oxygen atoms in total. The molecule has 0 heterocycles. The molecule has 0 spiro atoms. The number of aromatic hydroxyl groups is 1. The third kappa shape index (κ3) is 8.60. The summed E-state index contributed by atoms with van der Waals surface area (Å²) in [5.41, 5.74) is 6.12. The lowest BCUT2D eigenvalue weighted by atomic mass is 9.96. The van der Waals surface area contributed by atoms with Crippen LogP contribution >= 0.6 is 0 Å². The molecule has 172 valence electrons. The van der Waals surface area contributed by atoms with Gasteiger partial charge in [-0.25, -0.2) is 0 Å². The lowest BCUT2D eigenvalue weighted by molar-refractivity contribution is -0.138. The van der Waals surface area contributed by atoms with Gasteiger partial charge in [-0.05, 0) is 23.6 Å². The number of benzene rings is 1. The van der Waals surface area contributed by atoms with Crippen LogP contribution in [0.25, 0.3) is 0 Å². The van der Waals surface area contributed by atoms with Crippen LogP contribution in [-0.2, 0) is 25.6 Å². The molecule has 11 heteroatoms. The van der Waals surface area contributed by atoms with Crippen molar-refractivity contribution in [3.05, 3.63) is 29.8 Å². The maximum Gasteiger partial charge on any atom is 0.322 e. The van der Waals surface area contributed by atoms with E-state index >= 15 is 0 Å². The highest BCUT2D eigenvalue weighted by Gasteiger charge is 2.31. The van der Waals surface area contributed by atoms with Gasteiger partial charge in [-0.3, -0.25) is 19.2 Å². The first kappa shape index (κ1) is 25.9. The molecule has 0 bridgehead atoms. The summed E-state index contributed by atoms with van der Waals surface area (Å²) in [4.78, 5) is 48.3. The Bertz CT molecular complexity index is 769. The van der Waals surface area contributed by atoms with E-state index < -0.39 is 55.0 Å². The van der Waals surface area contributed by atoms with Gasteiger partial charge in [0, 0.05) is 6.42 Å². The van der Waals surface area contributed by atoms with Crippen LogP contribution in [0.1, 0.15) is 25.8 Å². The Kier molecular flexibility index (Phi) is 10.4. The van der Waals surface area contributed by atoms with Crippen molar-refractivity contribution in [2.75, 3.05) is 13.2 Å². The molecule has 4 atom stereocenters. The van der Waals surface area contributed by atoms with Gasteiger partial charge in [-0.2, -0.15) is 0 Å². The van der Waals surface area contributed by atoms with E-state index in [9.17, 15) is 24.3 Å². The molecule has 0 fully saturated rings. The number of amides is 3. The van der Waals surface area contributed by atoms with Gasteiger partial charge in [0.25, 0.3) is 0 Å². The van der Waals surface area contributed by atoms with E-state index in [0.717, 1.165) is 0 Å². The van der Waals surface area contributed by atoms with Crippen molar-refractivity contribution in [2.24, 2.45) is 11.7 Å². The van der Waals surface area contributed by atoms with E-state index in [1.54, 1.807) is 19.1 Å². The monoisotopic (exact) mass is 438 g/mol. The number of carbonyl (C=O) groups excluding carboxylic acids is 3. The number of nitrogens with one attached hydrogen (secondary N) is 3. The normalized spacial score (nSPS) is 14.6. The number of carbonyl (C=O) groups is 4. The highest BCUT2D eigenvalue weighted by molar-refractivity contribution is 5.94. The van der Waals surface area contributed by atoms with E-state index in [0.29, 0.717) is 12.0 Å². The van der Waals surface area contributed by atoms with Gasteiger partial charge in [0.2, 0.25) is 17.7 Å². The fourth-order valence-electron chi connectivity index (χ4n) is 2.67. The summed E-state index contributed by atoms with van der Waals surface area (Å²) in [7, 11) is 0. The second-order valence-electron chi connectivity index (χ2n) is 7.20. The number of phenolic OH excluding ortho intramolecular Hbond substituents is 1. The van der Waals surface area contributed by atoms with Crippen LogP contribution in [0.15, 0.2) is 24.3 Å². The van der Waals surface area contributed by atoms with Crippen LogP contribution in [0.3, 0.4) is 0 Å². The third-order valence-electron chi connectivity index (χ3n) is 4.75. The van der Waals surface area contributed by atoms with Crippen molar-refractivity contribution in [3.63, 3.8) is 0 Å². The molecular weight excluding hydrogens is 408 g/mol. The Morgan fingerprint density at radius 2 is 1.65 bits per heavy atom. The molecule has 1 rings (SSSR count). The predicted molar refractivity (Wildman–Crippen MR) is 111 cm³/mol. The fraction of sp³-hybridized carbons (Fsp3) is 0.500. The summed E-state index contributed by atoms with van der Waals surface area (Å²) in [6.07, 6.45) is 0.551. The number of carboxylic acids is 1. The van der Waals surface area contributed by atoms with E-state index in [1.807, 2.05) is 6.92 Å². The van der Waals surface area contributed by atoms with Crippen LogP contribution in [0.5, 0.6) is 5.75 Å². The summed E-state index contributed by atoms with van der Waals surface area (Å²) in [5, 5.41) is 34.5. The minimum absolute atomic E-state index is 0.0226. The number of aliphatic hydroxyl groups is 1. The van der Waals surface area contributed by atoms with Gasteiger partial charge in [-0.15, -0.1) is 0 Å². The lowest BCUT2D eigenvalue weighted by Crippen LogP contribution is -2.58. The molecule has 31 heavy (non-hydrogen) atoms. The average molecular weight is 438 g/mol. The van der Waals surface area contributed by atoms with Gasteiger partial charge in [0.05, 0.1) is 6.61 Å². The Morgan fingerprint density at radius 3 is 2.16 bits per heavy atom. The van der Waals surface area contributed by atoms with E-state index in [1.165, 1.54) is 12.1 Å². The molecule has 0 aliphatic heterocycles. The molecule has 0 aliphatic rings. The van der Waals surface area contributed by atoms with Crippen molar-refractivity contribution >= 4 is 23.7 Å². The zero-order chi connectivity index (χ0) is 23.6. The minimum Gasteiger partial charge on any atom is -0.508 e. The molecular formula is C20H30N4O7. The molecule has 0 saturated carbocycles. The quantitative estimate of drug-likeness (QED) is 0.204.